The van der Waals surface area contributed by atoms with Gasteiger partial charge in [0.15, 0.2) is 5.94 Å². The van der Waals surface area contributed by atoms with Gasteiger partial charge in [-0.15, -0.1) is 0 Å². The zero-order valence-electron chi connectivity index (χ0n) is 17.8. The largest absolute Gasteiger partial charge is 0.494 e. The van der Waals surface area contributed by atoms with Gasteiger partial charge in [0.05, 0.1) is 19.8 Å². The van der Waals surface area contributed by atoms with Crippen molar-refractivity contribution in [2.75, 3.05) is 25.1 Å². The molecule has 0 heterocycles. The molecule has 1 saturated carbocycles. The van der Waals surface area contributed by atoms with E-state index in [1.54, 1.807) is 31.2 Å². The van der Waals surface area contributed by atoms with Crippen molar-refractivity contribution in [1.29, 1.82) is 0 Å². The summed E-state index contributed by atoms with van der Waals surface area (Å²) in [6.07, 6.45) is 2.02. The van der Waals surface area contributed by atoms with E-state index in [1.807, 2.05) is 25.7 Å². The van der Waals surface area contributed by atoms with Crippen LogP contribution >= 0.6 is 0 Å². The molecule has 1 fully saturated rings. The predicted octanol–water partition coefficient (Wildman–Crippen LogP) is 3.50. The fraction of sp³-hybridized carbons (Fsp3) is 0.522. The number of benzene rings is 1. The van der Waals surface area contributed by atoms with Gasteiger partial charge in [-0.2, -0.15) is 0 Å². The van der Waals surface area contributed by atoms with Gasteiger partial charge < -0.3 is 19.5 Å². The minimum Gasteiger partial charge on any atom is -0.494 e. The summed E-state index contributed by atoms with van der Waals surface area (Å²) in [5.41, 5.74) is -0.467. The minimum atomic E-state index is -1.38. The average molecular weight is 415 g/mol. The number of carbonyl (C=O) groups excluding carboxylic acids is 3. The molecule has 2 rings (SSSR count). The normalized spacial score (nSPS) is 18.7. The second-order valence-corrected chi connectivity index (χ2v) is 6.98. The maximum Gasteiger partial charge on any atom is 0.319 e. The van der Waals surface area contributed by atoms with Gasteiger partial charge in [0, 0.05) is 11.3 Å². The van der Waals surface area contributed by atoms with Crippen LogP contribution in [0.3, 0.4) is 0 Å². The van der Waals surface area contributed by atoms with Crippen LogP contribution in [-0.4, -0.2) is 43.7 Å². The molecule has 2 unspecified atom stereocenters. The van der Waals surface area contributed by atoms with Crippen LogP contribution in [-0.2, 0) is 23.9 Å². The summed E-state index contributed by atoms with van der Waals surface area (Å²) in [5.74, 6) is 3.83. The number of carbonyl (C=O) groups is 1. The van der Waals surface area contributed by atoms with Crippen LogP contribution in [0.15, 0.2) is 35.6 Å². The van der Waals surface area contributed by atoms with E-state index < -0.39 is 17.4 Å². The van der Waals surface area contributed by atoms with Crippen molar-refractivity contribution in [2.24, 2.45) is 5.41 Å². The van der Waals surface area contributed by atoms with Crippen LogP contribution in [0.2, 0.25) is 0 Å². The van der Waals surface area contributed by atoms with Crippen LogP contribution in [0.4, 0.5) is 5.69 Å². The van der Waals surface area contributed by atoms with Gasteiger partial charge in [-0.05, 0) is 63.8 Å². The highest BCUT2D eigenvalue weighted by Crippen LogP contribution is 2.48. The summed E-state index contributed by atoms with van der Waals surface area (Å²) < 4.78 is 16.4. The maximum atomic E-state index is 13.1. The number of anilines is 1. The summed E-state index contributed by atoms with van der Waals surface area (Å²) in [6, 6.07) is 6.17. The third-order valence-corrected chi connectivity index (χ3v) is 5.09. The van der Waals surface area contributed by atoms with Gasteiger partial charge in [-0.1, -0.05) is 6.92 Å². The van der Waals surface area contributed by atoms with E-state index in [4.69, 9.17) is 14.2 Å². The topological polar surface area (TPSA) is 90.9 Å². The van der Waals surface area contributed by atoms with Gasteiger partial charge in [0.1, 0.15) is 23.1 Å². The Morgan fingerprint density at radius 1 is 1.13 bits per heavy atom. The molecule has 0 aromatic heterocycles. The van der Waals surface area contributed by atoms with Crippen LogP contribution in [0.1, 0.15) is 46.5 Å². The van der Waals surface area contributed by atoms with E-state index in [9.17, 15) is 14.4 Å². The first-order valence-electron chi connectivity index (χ1n) is 10.4. The third-order valence-electron chi connectivity index (χ3n) is 5.09. The van der Waals surface area contributed by atoms with Crippen molar-refractivity contribution in [3.63, 3.8) is 0 Å². The first kappa shape index (κ1) is 23.3. The quantitative estimate of drug-likeness (QED) is 0.336. The summed E-state index contributed by atoms with van der Waals surface area (Å²) in [5, 5.41) is 3.21. The van der Waals surface area contributed by atoms with Crippen molar-refractivity contribution in [2.45, 2.75) is 52.5 Å². The molecule has 0 bridgehead atoms. The smallest absolute Gasteiger partial charge is 0.319 e. The van der Waals surface area contributed by atoms with Crippen LogP contribution in [0, 0.1) is 5.41 Å². The van der Waals surface area contributed by atoms with Crippen molar-refractivity contribution in [3.05, 3.63) is 35.6 Å². The monoisotopic (exact) mass is 415 g/mol. The van der Waals surface area contributed by atoms with Crippen molar-refractivity contribution in [1.82, 2.24) is 0 Å². The molecule has 1 aliphatic rings. The van der Waals surface area contributed by atoms with Crippen molar-refractivity contribution >= 4 is 23.5 Å². The van der Waals surface area contributed by atoms with Crippen LogP contribution < -0.4 is 10.1 Å². The Morgan fingerprint density at radius 2 is 1.87 bits per heavy atom. The first-order chi connectivity index (χ1) is 14.6. The Labute approximate surface area is 177 Å². The molecule has 162 valence electrons. The SMILES string of the molecule is CCCOC(=C=O)C(Nc1ccc(OCC)cc1)C1(C(=O)OCC)CCCC1=C=O. The molecule has 0 radical (unpaired) electrons. The fourth-order valence-corrected chi connectivity index (χ4v) is 3.76. The highest BCUT2D eigenvalue weighted by molar-refractivity contribution is 5.88. The zero-order valence-corrected chi connectivity index (χ0v) is 17.8. The molecule has 0 amide bonds. The molecule has 1 N–H and O–H groups in total. The Kier molecular flexibility index (Phi) is 8.72. The van der Waals surface area contributed by atoms with Crippen molar-refractivity contribution < 1.29 is 28.6 Å². The molecule has 30 heavy (non-hydrogen) atoms. The molecule has 2 atom stereocenters. The fourth-order valence-electron chi connectivity index (χ4n) is 3.76. The molecule has 0 aliphatic heterocycles. The Hall–Kier alpha value is -3.01. The summed E-state index contributed by atoms with van der Waals surface area (Å²) in [6.45, 7) is 6.47. The number of ether oxygens (including phenoxy) is 3. The van der Waals surface area contributed by atoms with E-state index in [-0.39, 0.29) is 24.5 Å². The summed E-state index contributed by atoms with van der Waals surface area (Å²) in [4.78, 5) is 36.7. The van der Waals surface area contributed by atoms with Crippen molar-refractivity contribution in [3.8, 4) is 5.75 Å². The minimum absolute atomic E-state index is 0.0616. The highest BCUT2D eigenvalue weighted by atomic mass is 16.5. The molecule has 1 aliphatic carbocycles. The van der Waals surface area contributed by atoms with Crippen LogP contribution in [0.25, 0.3) is 0 Å². The van der Waals surface area contributed by atoms with Gasteiger partial charge in [-0.3, -0.25) is 4.79 Å². The molecule has 0 saturated heterocycles. The maximum absolute atomic E-state index is 13.1. The zero-order chi connectivity index (χ0) is 22.0. The third kappa shape index (κ3) is 4.93. The van der Waals surface area contributed by atoms with E-state index in [0.29, 0.717) is 43.7 Å². The molecular weight excluding hydrogens is 386 g/mol. The number of hydrogen-bond donors (Lipinski definition) is 1. The van der Waals surface area contributed by atoms with E-state index in [0.717, 1.165) is 0 Å². The van der Waals surface area contributed by atoms with Crippen LogP contribution in [0.5, 0.6) is 5.75 Å². The number of rotatable bonds is 11. The second kappa shape index (κ2) is 11.2. The number of hydrogen-bond acceptors (Lipinski definition) is 7. The molecule has 1 aromatic rings. The Morgan fingerprint density at radius 3 is 2.43 bits per heavy atom. The van der Waals surface area contributed by atoms with E-state index in [2.05, 4.69) is 5.32 Å². The Balaban J connectivity index is 2.53. The van der Waals surface area contributed by atoms with Gasteiger partial charge in [0.25, 0.3) is 0 Å². The number of nitrogens with one attached hydrogen (secondary N) is 1. The average Bonchev–Trinajstić information content (AvgIpc) is 3.20. The standard InChI is InChI=1S/C23H29NO6/c1-4-14-30-20(16-26)21(24-18-9-11-19(12-10-18)28-5-2)23(22(27)29-6-3)13-7-8-17(23)15-25/h9-12,21,24H,4-8,13-14H2,1-3H3. The molecule has 0 spiro atoms. The molecule has 7 nitrogen and oxygen atoms in total. The molecule has 7 heteroatoms. The lowest BCUT2D eigenvalue weighted by Gasteiger charge is -2.36. The Bertz CT molecular complexity index is 821. The lowest BCUT2D eigenvalue weighted by atomic mass is 9.74. The van der Waals surface area contributed by atoms with Gasteiger partial charge in [0.2, 0.25) is 5.76 Å². The summed E-state index contributed by atoms with van der Waals surface area (Å²) in [7, 11) is 0. The van der Waals surface area contributed by atoms with Gasteiger partial charge >= 0.3 is 5.97 Å². The van der Waals surface area contributed by atoms with E-state index in [1.165, 1.54) is 0 Å². The summed E-state index contributed by atoms with van der Waals surface area (Å²) >= 11 is 0. The molecular formula is C23H29NO6. The predicted molar refractivity (Wildman–Crippen MR) is 113 cm³/mol. The second-order valence-electron chi connectivity index (χ2n) is 6.98. The lowest BCUT2D eigenvalue weighted by Crippen LogP contribution is -2.49. The highest BCUT2D eigenvalue weighted by Gasteiger charge is 2.56. The number of esters is 1. The first-order valence-corrected chi connectivity index (χ1v) is 10.4. The van der Waals surface area contributed by atoms with E-state index >= 15 is 0 Å². The lowest BCUT2D eigenvalue weighted by molar-refractivity contribution is -0.153. The molecule has 1 aromatic carbocycles. The van der Waals surface area contributed by atoms with Gasteiger partial charge in [-0.25, -0.2) is 9.59 Å².